The van der Waals surface area contributed by atoms with Crippen LogP contribution in [0.3, 0.4) is 0 Å². The fraction of sp³-hybridized carbons (Fsp3) is 0. The van der Waals surface area contributed by atoms with Gasteiger partial charge in [-0.3, -0.25) is 0 Å². The van der Waals surface area contributed by atoms with Crippen molar-refractivity contribution in [1.29, 1.82) is 0 Å². The number of nitrogens with zero attached hydrogens (tertiary/aromatic N) is 1. The second-order valence-electron chi connectivity index (χ2n) is 2.79. The second-order valence-corrected chi connectivity index (χ2v) is 3.20. The third-order valence-electron chi connectivity index (χ3n) is 1.95. The minimum Gasteiger partial charge on any atom is -0.476 e. The minimum absolute atomic E-state index is 0.115. The summed E-state index contributed by atoms with van der Waals surface area (Å²) in [5.74, 6) is -1.32. The Morgan fingerprint density at radius 2 is 2.21 bits per heavy atom. The highest BCUT2D eigenvalue weighted by Crippen LogP contribution is 2.26. The van der Waals surface area contributed by atoms with Crippen molar-refractivity contribution in [2.75, 3.05) is 0 Å². The van der Waals surface area contributed by atoms with Gasteiger partial charge in [-0.05, 0) is 18.2 Å². The summed E-state index contributed by atoms with van der Waals surface area (Å²) < 4.78 is 13.3. The third kappa shape index (κ3) is 1.15. The summed E-state index contributed by atoms with van der Waals surface area (Å²) in [6.45, 7) is 0. The Kier molecular flexibility index (Phi) is 1.93. The van der Waals surface area contributed by atoms with Crippen LogP contribution in [-0.4, -0.2) is 15.9 Å². The number of fused-ring (bicyclic) bond motifs is 1. The summed E-state index contributed by atoms with van der Waals surface area (Å²) in [5.41, 5.74) is -0.261. The van der Waals surface area contributed by atoms with Crippen molar-refractivity contribution >= 4 is 28.5 Å². The quantitative estimate of drug-likeness (QED) is 0.792. The summed E-state index contributed by atoms with van der Waals surface area (Å²) in [5, 5.41) is 9.39. The van der Waals surface area contributed by atoms with Gasteiger partial charge in [0.25, 0.3) is 0 Å². The number of benzene rings is 1. The van der Waals surface area contributed by atoms with E-state index in [9.17, 15) is 9.28 Å². The Labute approximate surface area is 83.3 Å². The van der Waals surface area contributed by atoms with E-state index in [1.54, 1.807) is 12.1 Å². The lowest BCUT2D eigenvalue weighted by Crippen LogP contribution is -2.00. The molecular formula is C9H5ClFNO2. The molecule has 5 heteroatoms. The van der Waals surface area contributed by atoms with Crippen LogP contribution >= 0.6 is 11.6 Å². The molecule has 0 spiro atoms. The molecule has 0 fully saturated rings. The SMILES string of the molecule is O=C(O)c1cc2c(Cl)cccc2n1F. The fourth-order valence-corrected chi connectivity index (χ4v) is 1.53. The number of carboxylic acids is 1. The standard InChI is InChI=1S/C9H5ClFNO2/c10-6-2-1-3-7-5(6)4-8(9(13)14)12(7)11/h1-4H,(H,13,14). The second kappa shape index (κ2) is 2.99. The normalized spacial score (nSPS) is 10.7. The van der Waals surface area contributed by atoms with Crippen LogP contribution in [0.4, 0.5) is 4.48 Å². The first-order valence-electron chi connectivity index (χ1n) is 3.80. The lowest BCUT2D eigenvalue weighted by atomic mass is 10.2. The van der Waals surface area contributed by atoms with E-state index in [4.69, 9.17) is 16.7 Å². The monoisotopic (exact) mass is 213 g/mol. The van der Waals surface area contributed by atoms with Crippen molar-refractivity contribution < 1.29 is 14.4 Å². The van der Waals surface area contributed by atoms with Crippen LogP contribution < -0.4 is 0 Å². The zero-order valence-corrected chi connectivity index (χ0v) is 7.62. The van der Waals surface area contributed by atoms with Gasteiger partial charge >= 0.3 is 5.97 Å². The van der Waals surface area contributed by atoms with Crippen LogP contribution in [0.25, 0.3) is 10.9 Å². The van der Waals surface area contributed by atoms with E-state index < -0.39 is 11.7 Å². The van der Waals surface area contributed by atoms with Gasteiger partial charge in [0, 0.05) is 5.39 Å². The molecule has 1 aromatic carbocycles. The number of hydrogen-bond acceptors (Lipinski definition) is 1. The van der Waals surface area contributed by atoms with Crippen molar-refractivity contribution in [1.82, 2.24) is 4.79 Å². The molecule has 3 nitrogen and oxygen atoms in total. The molecule has 0 unspecified atom stereocenters. The predicted molar refractivity (Wildman–Crippen MR) is 50.4 cm³/mol. The van der Waals surface area contributed by atoms with Gasteiger partial charge in [-0.2, -0.15) is 4.79 Å². The maximum absolute atomic E-state index is 13.3. The van der Waals surface area contributed by atoms with E-state index in [0.29, 0.717) is 10.4 Å². The number of hydrogen-bond donors (Lipinski definition) is 1. The molecular weight excluding hydrogens is 209 g/mol. The van der Waals surface area contributed by atoms with Gasteiger partial charge in [-0.25, -0.2) is 4.79 Å². The topological polar surface area (TPSA) is 42.2 Å². The van der Waals surface area contributed by atoms with Crippen LogP contribution in [0.5, 0.6) is 0 Å². The van der Waals surface area contributed by atoms with Crippen molar-refractivity contribution in [2.45, 2.75) is 0 Å². The molecule has 0 aliphatic carbocycles. The molecule has 1 aromatic heterocycles. The first-order valence-corrected chi connectivity index (χ1v) is 4.18. The molecule has 0 aliphatic heterocycles. The number of carbonyl (C=O) groups is 1. The van der Waals surface area contributed by atoms with E-state index in [1.807, 2.05) is 0 Å². The Morgan fingerprint density at radius 1 is 1.50 bits per heavy atom. The molecule has 72 valence electrons. The summed E-state index contributed by atoms with van der Waals surface area (Å²) in [6.07, 6.45) is 0. The van der Waals surface area contributed by atoms with E-state index in [1.165, 1.54) is 12.1 Å². The van der Waals surface area contributed by atoms with Gasteiger partial charge in [-0.15, -0.1) is 0 Å². The van der Waals surface area contributed by atoms with E-state index >= 15 is 0 Å². The van der Waals surface area contributed by atoms with Crippen LogP contribution in [0.15, 0.2) is 24.3 Å². The van der Waals surface area contributed by atoms with Crippen molar-refractivity contribution in [3.63, 3.8) is 0 Å². The Morgan fingerprint density at radius 3 is 2.79 bits per heavy atom. The zero-order valence-electron chi connectivity index (χ0n) is 6.87. The van der Waals surface area contributed by atoms with Gasteiger partial charge in [0.05, 0.1) is 10.5 Å². The highest BCUT2D eigenvalue weighted by atomic mass is 35.5. The minimum atomic E-state index is -1.32. The third-order valence-corrected chi connectivity index (χ3v) is 2.28. The van der Waals surface area contributed by atoms with Crippen molar-refractivity contribution in [3.05, 3.63) is 35.0 Å². The van der Waals surface area contributed by atoms with Gasteiger partial charge in [0.2, 0.25) is 0 Å². The van der Waals surface area contributed by atoms with Gasteiger partial charge < -0.3 is 5.11 Å². The van der Waals surface area contributed by atoms with Crippen molar-refractivity contribution in [2.24, 2.45) is 0 Å². The molecule has 0 saturated carbocycles. The summed E-state index contributed by atoms with van der Waals surface area (Å²) in [7, 11) is 0. The van der Waals surface area contributed by atoms with Crippen LogP contribution in [0.1, 0.15) is 10.5 Å². The van der Waals surface area contributed by atoms with E-state index in [2.05, 4.69) is 0 Å². The molecule has 0 aliphatic rings. The van der Waals surface area contributed by atoms with Crippen LogP contribution in [-0.2, 0) is 0 Å². The van der Waals surface area contributed by atoms with Crippen LogP contribution in [0, 0.1) is 0 Å². The molecule has 2 aromatic rings. The average molecular weight is 214 g/mol. The fourth-order valence-electron chi connectivity index (χ4n) is 1.31. The summed E-state index contributed by atoms with van der Waals surface area (Å²) in [4.78, 5) is 10.7. The van der Waals surface area contributed by atoms with Gasteiger partial charge in [-0.1, -0.05) is 22.1 Å². The number of aromatic nitrogens is 1. The zero-order chi connectivity index (χ0) is 10.3. The molecule has 0 atom stereocenters. The Bertz CT molecular complexity index is 521. The van der Waals surface area contributed by atoms with Crippen molar-refractivity contribution in [3.8, 4) is 0 Å². The molecule has 0 amide bonds. The van der Waals surface area contributed by atoms with Gasteiger partial charge in [0.15, 0.2) is 5.69 Å². The van der Waals surface area contributed by atoms with Gasteiger partial charge in [0.1, 0.15) is 0 Å². The number of rotatable bonds is 1. The maximum atomic E-state index is 13.3. The molecule has 0 radical (unpaired) electrons. The largest absolute Gasteiger partial charge is 0.476 e. The first kappa shape index (κ1) is 9.02. The molecule has 1 N–H and O–H groups in total. The smallest absolute Gasteiger partial charge is 0.355 e. The lowest BCUT2D eigenvalue weighted by molar-refractivity contribution is 0.0674. The number of halogens is 2. The van der Waals surface area contributed by atoms with Crippen LogP contribution in [0.2, 0.25) is 5.02 Å². The Balaban J connectivity index is 2.86. The molecule has 2 rings (SSSR count). The Hall–Kier alpha value is -1.55. The highest BCUT2D eigenvalue weighted by Gasteiger charge is 2.15. The number of aromatic carboxylic acids is 1. The molecule has 0 bridgehead atoms. The van der Waals surface area contributed by atoms with E-state index in [-0.39, 0.29) is 10.3 Å². The lowest BCUT2D eigenvalue weighted by Gasteiger charge is -1.94. The predicted octanol–water partition coefficient (Wildman–Crippen LogP) is 2.73. The molecule has 14 heavy (non-hydrogen) atoms. The number of carboxylic acid groups (broad SMARTS) is 1. The molecule has 0 saturated heterocycles. The summed E-state index contributed by atoms with van der Waals surface area (Å²) >= 11 is 5.77. The van der Waals surface area contributed by atoms with E-state index in [0.717, 1.165) is 0 Å². The first-order chi connectivity index (χ1) is 6.61. The highest BCUT2D eigenvalue weighted by molar-refractivity contribution is 6.35. The average Bonchev–Trinajstić information content (AvgIpc) is 2.46. The summed E-state index contributed by atoms with van der Waals surface area (Å²) in [6, 6.07) is 5.82. The maximum Gasteiger partial charge on any atom is 0.355 e. The molecule has 1 heterocycles.